The Balaban J connectivity index is 1.63. The van der Waals surface area contributed by atoms with Gasteiger partial charge in [-0.2, -0.15) is 4.31 Å². The first kappa shape index (κ1) is 15.8. The lowest BCUT2D eigenvalue weighted by Gasteiger charge is -2.33. The van der Waals surface area contributed by atoms with Crippen LogP contribution in [0.15, 0.2) is 35.2 Å². The second-order valence-corrected chi connectivity index (χ2v) is 8.28. The van der Waals surface area contributed by atoms with Crippen LogP contribution in [0, 0.1) is 0 Å². The van der Waals surface area contributed by atoms with E-state index in [1.165, 1.54) is 15.8 Å². The number of rotatable bonds is 4. The molecule has 6 nitrogen and oxygen atoms in total. The summed E-state index contributed by atoms with van der Waals surface area (Å²) in [5.41, 5.74) is 0.756. The Morgan fingerprint density at radius 3 is 2.41 bits per heavy atom. The van der Waals surface area contributed by atoms with Crippen LogP contribution in [0.2, 0.25) is 4.34 Å². The minimum absolute atomic E-state index is 0.343. The Morgan fingerprint density at radius 1 is 1.14 bits per heavy atom. The molecule has 0 N–H and O–H groups in total. The molecular formula is C13H15ClN4O2S2. The van der Waals surface area contributed by atoms with Crippen LogP contribution >= 0.6 is 23.1 Å². The molecule has 1 fully saturated rings. The number of sulfonamides is 1. The molecular weight excluding hydrogens is 344 g/mol. The molecule has 22 heavy (non-hydrogen) atoms. The predicted molar refractivity (Wildman–Crippen MR) is 85.4 cm³/mol. The van der Waals surface area contributed by atoms with Gasteiger partial charge in [-0.1, -0.05) is 34.3 Å². The van der Waals surface area contributed by atoms with Gasteiger partial charge in [-0.05, 0) is 12.1 Å². The van der Waals surface area contributed by atoms with Crippen molar-refractivity contribution in [3.05, 3.63) is 40.4 Å². The molecule has 0 amide bonds. The number of aromatic nitrogens is 2. The average molecular weight is 359 g/mol. The Morgan fingerprint density at radius 2 is 1.82 bits per heavy atom. The largest absolute Gasteiger partial charge is 0.295 e. The van der Waals surface area contributed by atoms with Crippen LogP contribution in [0.1, 0.15) is 5.69 Å². The molecule has 0 bridgehead atoms. The van der Waals surface area contributed by atoms with Crippen molar-refractivity contribution in [2.24, 2.45) is 0 Å². The van der Waals surface area contributed by atoms with Gasteiger partial charge in [0.05, 0.1) is 4.90 Å². The summed E-state index contributed by atoms with van der Waals surface area (Å²) in [6, 6.07) is 8.54. The maximum absolute atomic E-state index is 12.5. The van der Waals surface area contributed by atoms with Gasteiger partial charge >= 0.3 is 0 Å². The molecule has 1 saturated heterocycles. The van der Waals surface area contributed by atoms with Gasteiger partial charge in [0.25, 0.3) is 0 Å². The van der Waals surface area contributed by atoms with E-state index in [0.717, 1.165) is 5.69 Å². The van der Waals surface area contributed by atoms with E-state index in [2.05, 4.69) is 14.5 Å². The van der Waals surface area contributed by atoms with Crippen LogP contribution in [0.5, 0.6) is 0 Å². The zero-order valence-electron chi connectivity index (χ0n) is 11.7. The summed E-state index contributed by atoms with van der Waals surface area (Å²) >= 11 is 7.17. The molecule has 0 atom stereocenters. The third kappa shape index (κ3) is 3.31. The fourth-order valence-electron chi connectivity index (χ4n) is 2.37. The van der Waals surface area contributed by atoms with Gasteiger partial charge in [-0.15, -0.1) is 5.10 Å². The maximum atomic E-state index is 12.5. The standard InChI is InChI=1S/C13H15ClN4O2S2/c14-13-12(15-16-21-13)10-17-6-8-18(9-7-17)22(19,20)11-4-2-1-3-5-11/h1-5H,6-10H2. The Kier molecular flexibility index (Phi) is 4.74. The second kappa shape index (κ2) is 6.59. The van der Waals surface area contributed by atoms with Crippen molar-refractivity contribution >= 4 is 33.2 Å². The number of benzene rings is 1. The Hall–Kier alpha value is -1.06. The molecule has 0 spiro atoms. The normalized spacial score (nSPS) is 17.7. The summed E-state index contributed by atoms with van der Waals surface area (Å²) in [4.78, 5) is 2.48. The van der Waals surface area contributed by atoms with Gasteiger partial charge in [-0.25, -0.2) is 8.42 Å². The van der Waals surface area contributed by atoms with Crippen LogP contribution in [0.25, 0.3) is 0 Å². The fourth-order valence-corrected chi connectivity index (χ4v) is 4.43. The molecule has 1 aromatic carbocycles. The SMILES string of the molecule is O=S(=O)(c1ccccc1)N1CCN(Cc2nnsc2Cl)CC1. The lowest BCUT2D eigenvalue weighted by Crippen LogP contribution is -2.48. The average Bonchev–Trinajstić information content (AvgIpc) is 2.94. The van der Waals surface area contributed by atoms with Crippen molar-refractivity contribution in [1.82, 2.24) is 18.8 Å². The van der Waals surface area contributed by atoms with Crippen molar-refractivity contribution in [2.75, 3.05) is 26.2 Å². The van der Waals surface area contributed by atoms with E-state index < -0.39 is 10.0 Å². The Bertz CT molecular complexity index is 728. The quantitative estimate of drug-likeness (QED) is 0.832. The molecule has 0 unspecified atom stereocenters. The van der Waals surface area contributed by atoms with Crippen molar-refractivity contribution in [3.63, 3.8) is 0 Å². The van der Waals surface area contributed by atoms with Gasteiger partial charge in [0, 0.05) is 44.3 Å². The monoisotopic (exact) mass is 358 g/mol. The highest BCUT2D eigenvalue weighted by Crippen LogP contribution is 2.21. The lowest BCUT2D eigenvalue weighted by atomic mass is 10.3. The van der Waals surface area contributed by atoms with Gasteiger partial charge in [0.1, 0.15) is 10.0 Å². The summed E-state index contributed by atoms with van der Waals surface area (Å²) in [6.07, 6.45) is 0. The molecule has 118 valence electrons. The van der Waals surface area contributed by atoms with Crippen molar-refractivity contribution in [2.45, 2.75) is 11.4 Å². The molecule has 0 radical (unpaired) electrons. The van der Waals surface area contributed by atoms with Crippen LogP contribution in [0.3, 0.4) is 0 Å². The highest BCUT2D eigenvalue weighted by atomic mass is 35.5. The van der Waals surface area contributed by atoms with Gasteiger partial charge in [-0.3, -0.25) is 4.90 Å². The summed E-state index contributed by atoms with van der Waals surface area (Å²) < 4.78 is 31.0. The summed E-state index contributed by atoms with van der Waals surface area (Å²) in [5, 5.41) is 3.99. The van der Waals surface area contributed by atoms with Crippen LogP contribution in [-0.4, -0.2) is 53.4 Å². The topological polar surface area (TPSA) is 66.4 Å². The molecule has 1 aromatic heterocycles. The molecule has 1 aliphatic heterocycles. The lowest BCUT2D eigenvalue weighted by molar-refractivity contribution is 0.180. The Labute approximate surface area is 138 Å². The van der Waals surface area contributed by atoms with Crippen molar-refractivity contribution in [3.8, 4) is 0 Å². The predicted octanol–water partition coefficient (Wildman–Crippen LogP) is 1.70. The van der Waals surface area contributed by atoms with Gasteiger partial charge < -0.3 is 0 Å². The van der Waals surface area contributed by atoms with E-state index in [1.54, 1.807) is 24.3 Å². The van der Waals surface area contributed by atoms with E-state index in [4.69, 9.17) is 11.6 Å². The van der Waals surface area contributed by atoms with Gasteiger partial charge in [0.15, 0.2) is 0 Å². The van der Waals surface area contributed by atoms with E-state index in [9.17, 15) is 8.42 Å². The van der Waals surface area contributed by atoms with E-state index >= 15 is 0 Å². The molecule has 9 heteroatoms. The van der Waals surface area contributed by atoms with E-state index in [-0.39, 0.29) is 0 Å². The first-order valence-corrected chi connectivity index (χ1v) is 9.41. The summed E-state index contributed by atoms with van der Waals surface area (Å²) in [7, 11) is -3.40. The molecule has 0 aliphatic carbocycles. The van der Waals surface area contributed by atoms with Crippen LogP contribution in [0.4, 0.5) is 0 Å². The third-order valence-corrected chi connectivity index (χ3v) is 6.49. The number of hydrogen-bond acceptors (Lipinski definition) is 6. The van der Waals surface area contributed by atoms with Gasteiger partial charge in [0.2, 0.25) is 10.0 Å². The molecule has 0 saturated carbocycles. The second-order valence-electron chi connectivity index (χ2n) is 4.99. The van der Waals surface area contributed by atoms with Crippen LogP contribution in [-0.2, 0) is 16.6 Å². The number of piperazine rings is 1. The van der Waals surface area contributed by atoms with E-state index in [1.807, 2.05) is 6.07 Å². The third-order valence-electron chi connectivity index (χ3n) is 3.60. The smallest absolute Gasteiger partial charge is 0.243 e. The van der Waals surface area contributed by atoms with E-state index in [0.29, 0.717) is 42.0 Å². The first-order valence-electron chi connectivity index (χ1n) is 6.81. The zero-order chi connectivity index (χ0) is 15.6. The number of nitrogens with zero attached hydrogens (tertiary/aromatic N) is 4. The highest BCUT2D eigenvalue weighted by molar-refractivity contribution is 7.89. The zero-order valence-corrected chi connectivity index (χ0v) is 14.1. The molecule has 3 rings (SSSR count). The first-order chi connectivity index (χ1) is 10.6. The van der Waals surface area contributed by atoms with Crippen molar-refractivity contribution < 1.29 is 8.42 Å². The number of halogens is 1. The summed E-state index contributed by atoms with van der Waals surface area (Å²) in [6.45, 7) is 2.84. The maximum Gasteiger partial charge on any atom is 0.243 e. The highest BCUT2D eigenvalue weighted by Gasteiger charge is 2.28. The minimum Gasteiger partial charge on any atom is -0.295 e. The summed E-state index contributed by atoms with van der Waals surface area (Å²) in [5.74, 6) is 0. The van der Waals surface area contributed by atoms with Crippen molar-refractivity contribution in [1.29, 1.82) is 0 Å². The molecule has 2 aromatic rings. The number of hydrogen-bond donors (Lipinski definition) is 0. The minimum atomic E-state index is -3.40. The van der Waals surface area contributed by atoms with Crippen LogP contribution < -0.4 is 0 Å². The molecule has 1 aliphatic rings. The molecule has 2 heterocycles. The fraction of sp³-hybridized carbons (Fsp3) is 0.385.